The van der Waals surface area contributed by atoms with Gasteiger partial charge in [0.2, 0.25) is 5.89 Å². The van der Waals surface area contributed by atoms with Crippen molar-refractivity contribution in [3.8, 4) is 11.5 Å². The van der Waals surface area contributed by atoms with Crippen LogP contribution in [0.1, 0.15) is 15.9 Å². The summed E-state index contributed by atoms with van der Waals surface area (Å²) in [5, 5.41) is 14.9. The van der Waals surface area contributed by atoms with Gasteiger partial charge < -0.3 is 19.4 Å². The lowest BCUT2D eigenvalue weighted by atomic mass is 10.1. The van der Waals surface area contributed by atoms with Gasteiger partial charge in [0.25, 0.3) is 11.6 Å². The highest BCUT2D eigenvalue weighted by atomic mass is 35.5. The van der Waals surface area contributed by atoms with Crippen LogP contribution in [0.5, 0.6) is 0 Å². The quantitative estimate of drug-likeness (QED) is 0.291. The summed E-state index contributed by atoms with van der Waals surface area (Å²) in [6.45, 7) is 4.06. The summed E-state index contributed by atoms with van der Waals surface area (Å²) < 4.78 is 11.2. The van der Waals surface area contributed by atoms with Gasteiger partial charge in [-0.25, -0.2) is 4.98 Å². The number of rotatable bonds is 5. The molecule has 0 saturated carbocycles. The number of aromatic nitrogens is 1. The fraction of sp³-hybridized carbons (Fsp3) is 0.200. The summed E-state index contributed by atoms with van der Waals surface area (Å²) in [5.41, 5.74) is 3.86. The van der Waals surface area contributed by atoms with E-state index < -0.39 is 10.8 Å². The topological polar surface area (TPSA) is 111 Å². The molecule has 3 aromatic carbocycles. The zero-order valence-corrected chi connectivity index (χ0v) is 19.5. The van der Waals surface area contributed by atoms with Crippen LogP contribution >= 0.6 is 11.6 Å². The molecule has 1 saturated heterocycles. The molecule has 0 spiro atoms. The predicted molar refractivity (Wildman–Crippen MR) is 133 cm³/mol. The molecule has 4 aromatic rings. The molecule has 5 rings (SSSR count). The molecule has 0 bridgehead atoms. The van der Waals surface area contributed by atoms with Gasteiger partial charge in [-0.3, -0.25) is 14.9 Å². The maximum atomic E-state index is 12.9. The van der Waals surface area contributed by atoms with Gasteiger partial charge in [0.1, 0.15) is 11.2 Å². The molecule has 1 aliphatic heterocycles. The Morgan fingerprint density at radius 2 is 1.91 bits per heavy atom. The van der Waals surface area contributed by atoms with E-state index in [1.165, 1.54) is 6.07 Å². The van der Waals surface area contributed by atoms with Crippen LogP contribution in [0.25, 0.3) is 22.6 Å². The van der Waals surface area contributed by atoms with Gasteiger partial charge in [0.15, 0.2) is 5.58 Å². The Morgan fingerprint density at radius 3 is 2.69 bits per heavy atom. The van der Waals surface area contributed by atoms with Crippen molar-refractivity contribution < 1.29 is 18.9 Å². The molecule has 178 valence electrons. The first-order chi connectivity index (χ1) is 16.9. The van der Waals surface area contributed by atoms with E-state index in [1.54, 1.807) is 30.3 Å². The minimum absolute atomic E-state index is 0.127. The van der Waals surface area contributed by atoms with Crippen LogP contribution in [0, 0.1) is 17.0 Å². The minimum Gasteiger partial charge on any atom is -0.436 e. The van der Waals surface area contributed by atoms with Crippen molar-refractivity contribution in [1.82, 2.24) is 4.98 Å². The Labute approximate surface area is 205 Å². The molecule has 1 aromatic heterocycles. The number of nitro groups is 1. The van der Waals surface area contributed by atoms with Crippen LogP contribution in [0.15, 0.2) is 59.0 Å². The first kappa shape index (κ1) is 22.8. The second-order valence-corrected chi connectivity index (χ2v) is 8.61. The molecule has 0 unspecified atom stereocenters. The summed E-state index contributed by atoms with van der Waals surface area (Å²) in [6.07, 6.45) is 0. The number of benzene rings is 3. The van der Waals surface area contributed by atoms with E-state index in [4.69, 9.17) is 20.8 Å². The van der Waals surface area contributed by atoms with E-state index in [0.717, 1.165) is 5.56 Å². The number of aryl methyl sites for hydroxylation is 1. The number of ether oxygens (including phenoxy) is 1. The predicted octanol–water partition coefficient (Wildman–Crippen LogP) is 5.45. The maximum Gasteiger partial charge on any atom is 0.293 e. The summed E-state index contributed by atoms with van der Waals surface area (Å²) >= 11 is 6.39. The average Bonchev–Trinajstić information content (AvgIpc) is 3.28. The molecule has 1 amide bonds. The third-order valence-electron chi connectivity index (χ3n) is 5.78. The number of carbonyl (C=O) groups excluding carboxylic acids is 1. The molecule has 0 atom stereocenters. The first-order valence-electron chi connectivity index (χ1n) is 11.0. The lowest BCUT2D eigenvalue weighted by Gasteiger charge is -2.28. The summed E-state index contributed by atoms with van der Waals surface area (Å²) in [5.74, 6) is -0.153. The fourth-order valence-corrected chi connectivity index (χ4v) is 4.20. The van der Waals surface area contributed by atoms with Crippen LogP contribution in [-0.4, -0.2) is 42.1 Å². The Morgan fingerprint density at radius 1 is 1.11 bits per heavy atom. The highest BCUT2D eigenvalue weighted by Crippen LogP contribution is 2.33. The van der Waals surface area contributed by atoms with Crippen molar-refractivity contribution in [1.29, 1.82) is 0 Å². The molecular formula is C25H21ClN4O5. The molecule has 0 radical (unpaired) electrons. The molecule has 1 aliphatic rings. The number of nitro benzene ring substituents is 1. The maximum absolute atomic E-state index is 12.9. The normalized spacial score (nSPS) is 13.7. The largest absolute Gasteiger partial charge is 0.436 e. The van der Waals surface area contributed by atoms with Gasteiger partial charge in [0.05, 0.1) is 28.7 Å². The monoisotopic (exact) mass is 492 g/mol. The lowest BCUT2D eigenvalue weighted by molar-refractivity contribution is -0.384. The van der Waals surface area contributed by atoms with E-state index >= 15 is 0 Å². The molecule has 35 heavy (non-hydrogen) atoms. The Balaban J connectivity index is 1.41. The third-order valence-corrected chi connectivity index (χ3v) is 6.11. The number of nitrogens with one attached hydrogen (secondary N) is 1. The van der Waals surface area contributed by atoms with Crippen molar-refractivity contribution in [2.24, 2.45) is 0 Å². The Kier molecular flexibility index (Phi) is 6.10. The number of hydrogen-bond donors (Lipinski definition) is 1. The SMILES string of the molecule is Cc1ccc2nc(-c3cc(NC(=O)c4ccc(N5CCOCC5)c([N+](=O)[O-])c4)ccc3Cl)oc2c1. The van der Waals surface area contributed by atoms with Crippen molar-refractivity contribution in [2.45, 2.75) is 6.92 Å². The highest BCUT2D eigenvalue weighted by molar-refractivity contribution is 6.33. The zero-order chi connectivity index (χ0) is 24.5. The number of halogens is 1. The van der Waals surface area contributed by atoms with Crippen molar-refractivity contribution in [2.75, 3.05) is 36.5 Å². The third kappa shape index (κ3) is 4.68. The molecule has 9 nitrogen and oxygen atoms in total. The standard InChI is InChI=1S/C25H21ClN4O5/c1-15-2-6-20-23(12-15)35-25(28-20)18-14-17(4-5-19(18)26)27-24(31)16-3-7-21(22(13-16)30(32)33)29-8-10-34-11-9-29/h2-7,12-14H,8-11H2,1H3,(H,27,31). The second kappa shape index (κ2) is 9.36. The van der Waals surface area contributed by atoms with Crippen LogP contribution in [0.3, 0.4) is 0 Å². The summed E-state index contributed by atoms with van der Waals surface area (Å²) in [4.78, 5) is 30.6. The van der Waals surface area contributed by atoms with E-state index in [9.17, 15) is 14.9 Å². The molecule has 1 N–H and O–H groups in total. The van der Waals surface area contributed by atoms with E-state index in [2.05, 4.69) is 10.3 Å². The lowest BCUT2D eigenvalue weighted by Crippen LogP contribution is -2.36. The van der Waals surface area contributed by atoms with Crippen LogP contribution in [0.4, 0.5) is 17.1 Å². The molecule has 10 heteroatoms. The molecule has 2 heterocycles. The Hall–Kier alpha value is -3.95. The van der Waals surface area contributed by atoms with Crippen molar-refractivity contribution in [3.63, 3.8) is 0 Å². The minimum atomic E-state index is -0.483. The van der Waals surface area contributed by atoms with Crippen LogP contribution < -0.4 is 10.2 Å². The van der Waals surface area contributed by atoms with Crippen LogP contribution in [-0.2, 0) is 4.74 Å². The van der Waals surface area contributed by atoms with E-state index in [1.807, 2.05) is 30.0 Å². The number of amides is 1. The van der Waals surface area contributed by atoms with E-state index in [-0.39, 0.29) is 11.3 Å². The molecular weight excluding hydrogens is 472 g/mol. The average molecular weight is 493 g/mol. The van der Waals surface area contributed by atoms with Gasteiger partial charge in [-0.15, -0.1) is 0 Å². The van der Waals surface area contributed by atoms with Gasteiger partial charge in [-0.2, -0.15) is 0 Å². The number of carbonyl (C=O) groups is 1. The number of fused-ring (bicyclic) bond motifs is 1. The first-order valence-corrected chi connectivity index (χ1v) is 11.4. The smallest absolute Gasteiger partial charge is 0.293 e. The Bertz CT molecular complexity index is 1450. The number of nitrogens with zero attached hydrogens (tertiary/aromatic N) is 3. The number of anilines is 2. The summed E-state index contributed by atoms with van der Waals surface area (Å²) in [6, 6.07) is 15.1. The number of oxazole rings is 1. The van der Waals surface area contributed by atoms with Gasteiger partial charge in [-0.1, -0.05) is 17.7 Å². The van der Waals surface area contributed by atoms with E-state index in [0.29, 0.717) is 65.3 Å². The van der Waals surface area contributed by atoms with Crippen LogP contribution in [0.2, 0.25) is 5.02 Å². The highest BCUT2D eigenvalue weighted by Gasteiger charge is 2.23. The van der Waals surface area contributed by atoms with Gasteiger partial charge >= 0.3 is 0 Å². The van der Waals surface area contributed by atoms with Gasteiger partial charge in [0, 0.05) is 30.4 Å². The number of morpholine rings is 1. The molecule has 1 fully saturated rings. The zero-order valence-electron chi connectivity index (χ0n) is 18.8. The summed E-state index contributed by atoms with van der Waals surface area (Å²) in [7, 11) is 0. The van der Waals surface area contributed by atoms with Gasteiger partial charge in [-0.05, 0) is 55.0 Å². The number of hydrogen-bond acceptors (Lipinski definition) is 7. The molecule has 0 aliphatic carbocycles. The second-order valence-electron chi connectivity index (χ2n) is 8.20. The van der Waals surface area contributed by atoms with Crippen molar-refractivity contribution in [3.05, 3.63) is 80.9 Å². The fourth-order valence-electron chi connectivity index (χ4n) is 4.00. The van der Waals surface area contributed by atoms with Crippen molar-refractivity contribution >= 4 is 45.7 Å².